The lowest BCUT2D eigenvalue weighted by atomic mass is 9.93. The highest BCUT2D eigenvalue weighted by Crippen LogP contribution is 2.37. The summed E-state index contributed by atoms with van der Waals surface area (Å²) in [7, 11) is 0. The van der Waals surface area contributed by atoms with Crippen LogP contribution in [0.5, 0.6) is 0 Å². The summed E-state index contributed by atoms with van der Waals surface area (Å²) < 4.78 is 15.4. The molecule has 1 aromatic heterocycles. The summed E-state index contributed by atoms with van der Waals surface area (Å²) in [5, 5.41) is 0.403. The van der Waals surface area contributed by atoms with E-state index in [4.69, 9.17) is 11.6 Å². The summed E-state index contributed by atoms with van der Waals surface area (Å²) in [6.07, 6.45) is 3.44. The van der Waals surface area contributed by atoms with Crippen LogP contribution in [0.15, 0.2) is 18.2 Å². The zero-order valence-electron chi connectivity index (χ0n) is 8.08. The van der Waals surface area contributed by atoms with Gasteiger partial charge in [-0.25, -0.2) is 9.37 Å². The van der Waals surface area contributed by atoms with Crippen LogP contribution in [0, 0.1) is 5.82 Å². The minimum absolute atomic E-state index is 0.299. The fraction of sp³-hybridized carbons (Fsp3) is 0.364. The van der Waals surface area contributed by atoms with Gasteiger partial charge in [0.15, 0.2) is 5.82 Å². The van der Waals surface area contributed by atoms with Crippen molar-refractivity contribution in [1.29, 1.82) is 0 Å². The molecule has 15 heavy (non-hydrogen) atoms. The van der Waals surface area contributed by atoms with Crippen LogP contribution < -0.4 is 0 Å². The lowest BCUT2D eigenvalue weighted by Gasteiger charge is -2.27. The zero-order valence-corrected chi connectivity index (χ0v) is 8.84. The predicted molar refractivity (Wildman–Crippen MR) is 57.6 cm³/mol. The third-order valence-corrected chi connectivity index (χ3v) is 3.33. The van der Waals surface area contributed by atoms with Gasteiger partial charge in [0, 0.05) is 6.04 Å². The van der Waals surface area contributed by atoms with Gasteiger partial charge in [-0.3, -0.25) is 0 Å². The molecule has 4 heteroatoms. The summed E-state index contributed by atoms with van der Waals surface area (Å²) in [6, 6.07) is 5.39. The second-order valence-electron chi connectivity index (χ2n) is 3.94. The fourth-order valence-corrected chi connectivity index (χ4v) is 2.36. The molecule has 1 aliphatic rings. The molecular formula is C11H10ClFN2. The maximum atomic E-state index is 13.4. The molecule has 78 valence electrons. The van der Waals surface area contributed by atoms with E-state index in [1.807, 2.05) is 10.6 Å². The first kappa shape index (κ1) is 9.16. The second kappa shape index (κ2) is 3.20. The minimum Gasteiger partial charge on any atom is -0.311 e. The lowest BCUT2D eigenvalue weighted by Crippen LogP contribution is -2.16. The first-order valence-electron chi connectivity index (χ1n) is 5.09. The molecule has 1 aliphatic carbocycles. The van der Waals surface area contributed by atoms with Gasteiger partial charge in [0.1, 0.15) is 5.52 Å². The lowest BCUT2D eigenvalue weighted by molar-refractivity contribution is 0.320. The molecule has 2 nitrogen and oxygen atoms in total. The van der Waals surface area contributed by atoms with Gasteiger partial charge in [0.05, 0.1) is 5.52 Å². The van der Waals surface area contributed by atoms with Crippen molar-refractivity contribution in [3.8, 4) is 0 Å². The van der Waals surface area contributed by atoms with Crippen LogP contribution in [-0.4, -0.2) is 9.55 Å². The van der Waals surface area contributed by atoms with Crippen LogP contribution in [0.2, 0.25) is 5.28 Å². The Morgan fingerprint density at radius 3 is 2.87 bits per heavy atom. The molecule has 0 unspecified atom stereocenters. The molecule has 0 spiro atoms. The van der Waals surface area contributed by atoms with E-state index >= 15 is 0 Å². The van der Waals surface area contributed by atoms with E-state index in [-0.39, 0.29) is 5.82 Å². The van der Waals surface area contributed by atoms with Crippen molar-refractivity contribution in [2.45, 2.75) is 25.3 Å². The number of hydrogen-bond acceptors (Lipinski definition) is 1. The Balaban J connectivity index is 2.27. The number of imidazole rings is 1. The van der Waals surface area contributed by atoms with Crippen LogP contribution in [-0.2, 0) is 0 Å². The zero-order chi connectivity index (χ0) is 10.4. The van der Waals surface area contributed by atoms with Crippen LogP contribution >= 0.6 is 11.6 Å². The van der Waals surface area contributed by atoms with Gasteiger partial charge in [-0.15, -0.1) is 0 Å². The third kappa shape index (κ3) is 1.26. The molecule has 1 saturated carbocycles. The van der Waals surface area contributed by atoms with Gasteiger partial charge in [-0.2, -0.15) is 0 Å². The topological polar surface area (TPSA) is 17.8 Å². The molecule has 0 N–H and O–H groups in total. The molecule has 0 saturated heterocycles. The predicted octanol–water partition coefficient (Wildman–Crippen LogP) is 3.55. The van der Waals surface area contributed by atoms with Crippen LogP contribution in [0.3, 0.4) is 0 Å². The van der Waals surface area contributed by atoms with Crippen molar-refractivity contribution in [3.05, 3.63) is 29.3 Å². The molecule has 1 aromatic carbocycles. The van der Waals surface area contributed by atoms with E-state index in [1.54, 1.807) is 6.07 Å². The highest BCUT2D eigenvalue weighted by Gasteiger charge is 2.24. The fourth-order valence-electron chi connectivity index (χ4n) is 2.05. The Hall–Kier alpha value is -1.09. The van der Waals surface area contributed by atoms with Gasteiger partial charge in [0.2, 0.25) is 5.28 Å². The van der Waals surface area contributed by atoms with Crippen LogP contribution in [0.25, 0.3) is 11.0 Å². The number of nitrogens with zero attached hydrogens (tertiary/aromatic N) is 2. The van der Waals surface area contributed by atoms with E-state index in [0.29, 0.717) is 16.8 Å². The van der Waals surface area contributed by atoms with E-state index in [1.165, 1.54) is 12.5 Å². The SMILES string of the molecule is Fc1cccc2c1nc(Cl)n2C1CCC1. The molecule has 0 radical (unpaired) electrons. The number of hydrogen-bond donors (Lipinski definition) is 0. The number of fused-ring (bicyclic) bond motifs is 1. The molecule has 0 aliphatic heterocycles. The summed E-state index contributed by atoms with van der Waals surface area (Å²) in [6.45, 7) is 0. The molecule has 0 amide bonds. The Labute approximate surface area is 91.7 Å². The van der Waals surface area contributed by atoms with Gasteiger partial charge in [0.25, 0.3) is 0 Å². The average Bonchev–Trinajstić information content (AvgIpc) is 2.44. The molecule has 0 atom stereocenters. The number of rotatable bonds is 1. The second-order valence-corrected chi connectivity index (χ2v) is 4.28. The Kier molecular flexibility index (Phi) is 1.96. The molecule has 3 rings (SSSR count). The Morgan fingerprint density at radius 1 is 1.40 bits per heavy atom. The van der Waals surface area contributed by atoms with E-state index in [2.05, 4.69) is 4.98 Å². The quantitative estimate of drug-likeness (QED) is 0.724. The van der Waals surface area contributed by atoms with Crippen molar-refractivity contribution in [3.63, 3.8) is 0 Å². The van der Waals surface area contributed by atoms with Gasteiger partial charge in [-0.05, 0) is 43.0 Å². The highest BCUT2D eigenvalue weighted by molar-refractivity contribution is 6.29. The van der Waals surface area contributed by atoms with Crippen molar-refractivity contribution in [1.82, 2.24) is 9.55 Å². The monoisotopic (exact) mass is 224 g/mol. The van der Waals surface area contributed by atoms with Crippen molar-refractivity contribution in [2.24, 2.45) is 0 Å². The maximum Gasteiger partial charge on any atom is 0.204 e. The summed E-state index contributed by atoms with van der Waals surface area (Å²) in [5.41, 5.74) is 1.19. The van der Waals surface area contributed by atoms with E-state index in [0.717, 1.165) is 18.4 Å². The number of aromatic nitrogens is 2. The van der Waals surface area contributed by atoms with Crippen molar-refractivity contribution >= 4 is 22.6 Å². The molecule has 2 aromatic rings. The van der Waals surface area contributed by atoms with Crippen LogP contribution in [0.4, 0.5) is 4.39 Å². The van der Waals surface area contributed by atoms with Crippen molar-refractivity contribution in [2.75, 3.05) is 0 Å². The largest absolute Gasteiger partial charge is 0.311 e. The average molecular weight is 225 g/mol. The van der Waals surface area contributed by atoms with Gasteiger partial charge in [-0.1, -0.05) is 6.07 Å². The molecule has 1 heterocycles. The Bertz CT molecular complexity index is 517. The molecular weight excluding hydrogens is 215 g/mol. The number of benzene rings is 1. The highest BCUT2D eigenvalue weighted by atomic mass is 35.5. The summed E-state index contributed by atoms with van der Waals surface area (Å²) in [5.74, 6) is -0.299. The normalized spacial score (nSPS) is 16.9. The smallest absolute Gasteiger partial charge is 0.204 e. The standard InChI is InChI=1S/C11H10ClFN2/c12-11-14-10-8(13)5-2-6-9(10)15(11)7-3-1-4-7/h2,5-7H,1,3-4H2. The first-order chi connectivity index (χ1) is 7.27. The Morgan fingerprint density at radius 2 is 2.20 bits per heavy atom. The van der Waals surface area contributed by atoms with Gasteiger partial charge < -0.3 is 4.57 Å². The van der Waals surface area contributed by atoms with Crippen LogP contribution in [0.1, 0.15) is 25.3 Å². The molecule has 1 fully saturated rings. The van der Waals surface area contributed by atoms with E-state index < -0.39 is 0 Å². The number of halogens is 2. The minimum atomic E-state index is -0.299. The first-order valence-corrected chi connectivity index (χ1v) is 5.47. The number of para-hydroxylation sites is 1. The summed E-state index contributed by atoms with van der Waals surface area (Å²) in [4.78, 5) is 4.07. The summed E-state index contributed by atoms with van der Waals surface area (Å²) >= 11 is 6.03. The van der Waals surface area contributed by atoms with E-state index in [9.17, 15) is 4.39 Å². The van der Waals surface area contributed by atoms with Crippen molar-refractivity contribution < 1.29 is 4.39 Å². The van der Waals surface area contributed by atoms with Gasteiger partial charge >= 0.3 is 0 Å². The maximum absolute atomic E-state index is 13.4. The third-order valence-electron chi connectivity index (χ3n) is 3.07. The molecule has 0 bridgehead atoms.